The van der Waals surface area contributed by atoms with Crippen LogP contribution in [0.5, 0.6) is 0 Å². The molecule has 0 saturated carbocycles. The molecule has 180 valence electrons. The monoisotopic (exact) mass is 488 g/mol. The molecule has 0 bridgehead atoms. The smallest absolute Gasteiger partial charge is 0.327 e. The van der Waals surface area contributed by atoms with Gasteiger partial charge in [-0.2, -0.15) is 0 Å². The van der Waals surface area contributed by atoms with Crippen LogP contribution in [0.15, 0.2) is 77.9 Å². The van der Waals surface area contributed by atoms with Crippen molar-refractivity contribution >= 4 is 34.2 Å². The fraction of sp³-hybridized carbons (Fsp3) is 0.310. The Kier molecular flexibility index (Phi) is 6.89. The van der Waals surface area contributed by atoms with Gasteiger partial charge < -0.3 is 9.64 Å². The van der Waals surface area contributed by atoms with Crippen molar-refractivity contribution in [1.29, 1.82) is 0 Å². The summed E-state index contributed by atoms with van der Waals surface area (Å²) in [6.07, 6.45) is 4.09. The van der Waals surface area contributed by atoms with Gasteiger partial charge in [0.25, 0.3) is 5.91 Å². The first-order valence-electron chi connectivity index (χ1n) is 12.2. The molecule has 1 heterocycles. The summed E-state index contributed by atoms with van der Waals surface area (Å²) < 4.78 is 5.23. The summed E-state index contributed by atoms with van der Waals surface area (Å²) in [5.74, 6) is -0.288. The average Bonchev–Trinajstić information content (AvgIpc) is 3.16. The summed E-state index contributed by atoms with van der Waals surface area (Å²) in [7, 11) is 1.41. The van der Waals surface area contributed by atoms with Crippen LogP contribution in [0.25, 0.3) is 10.8 Å². The molecule has 1 aliphatic heterocycles. The number of hydrogen-bond donors (Lipinski definition) is 1. The third kappa shape index (κ3) is 4.71. The average molecular weight is 489 g/mol. The van der Waals surface area contributed by atoms with Gasteiger partial charge in [-0.3, -0.25) is 10.1 Å². The van der Waals surface area contributed by atoms with E-state index < -0.39 is 6.04 Å². The van der Waals surface area contributed by atoms with E-state index in [-0.39, 0.29) is 18.0 Å². The maximum atomic E-state index is 13.5. The zero-order valence-electron chi connectivity index (χ0n) is 19.8. The van der Waals surface area contributed by atoms with Crippen LogP contribution in [0.3, 0.4) is 0 Å². The molecule has 0 spiro atoms. The molecule has 2 aliphatic rings. The van der Waals surface area contributed by atoms with Crippen molar-refractivity contribution in [2.24, 2.45) is 0 Å². The fourth-order valence-corrected chi connectivity index (χ4v) is 5.46. The van der Waals surface area contributed by atoms with E-state index in [0.717, 1.165) is 58.7 Å². The van der Waals surface area contributed by atoms with Crippen molar-refractivity contribution in [3.63, 3.8) is 0 Å². The highest BCUT2D eigenvalue weighted by Gasteiger charge is 2.41. The normalized spacial score (nSPS) is 18.6. The van der Waals surface area contributed by atoms with Crippen LogP contribution >= 0.6 is 11.6 Å². The number of benzene rings is 3. The topological polar surface area (TPSA) is 58.6 Å². The van der Waals surface area contributed by atoms with Crippen molar-refractivity contribution in [3.8, 4) is 0 Å². The molecular weight excluding hydrogens is 460 g/mol. The first kappa shape index (κ1) is 23.6. The maximum absolute atomic E-state index is 13.5. The Morgan fingerprint density at radius 3 is 2.60 bits per heavy atom. The summed E-state index contributed by atoms with van der Waals surface area (Å²) in [5, 5.41) is 6.29. The second-order valence-corrected chi connectivity index (χ2v) is 9.62. The Morgan fingerprint density at radius 1 is 1.06 bits per heavy atom. The van der Waals surface area contributed by atoms with Crippen molar-refractivity contribution in [3.05, 3.63) is 94.0 Å². The molecule has 1 N–H and O–H groups in total. The van der Waals surface area contributed by atoms with Gasteiger partial charge >= 0.3 is 5.97 Å². The predicted octanol–water partition coefficient (Wildman–Crippen LogP) is 5.58. The van der Waals surface area contributed by atoms with E-state index in [2.05, 4.69) is 5.32 Å². The minimum atomic E-state index is -0.698. The lowest BCUT2D eigenvalue weighted by molar-refractivity contribution is -0.144. The molecule has 5 rings (SSSR count). The minimum Gasteiger partial charge on any atom is -0.468 e. The van der Waals surface area contributed by atoms with Gasteiger partial charge in [0.15, 0.2) is 0 Å². The summed E-state index contributed by atoms with van der Waals surface area (Å²) in [6, 6.07) is 21.0. The van der Waals surface area contributed by atoms with Crippen molar-refractivity contribution in [2.75, 3.05) is 13.7 Å². The van der Waals surface area contributed by atoms with Crippen molar-refractivity contribution in [2.45, 2.75) is 44.3 Å². The number of halogens is 1. The summed E-state index contributed by atoms with van der Waals surface area (Å²) in [5.41, 5.74) is 3.99. The van der Waals surface area contributed by atoms with Crippen LogP contribution in [0, 0.1) is 0 Å². The molecule has 0 fully saturated rings. The quantitative estimate of drug-likeness (QED) is 0.441. The lowest BCUT2D eigenvalue weighted by Gasteiger charge is -2.32. The second-order valence-electron chi connectivity index (χ2n) is 9.18. The van der Waals surface area contributed by atoms with Crippen LogP contribution in [0.4, 0.5) is 0 Å². The largest absolute Gasteiger partial charge is 0.468 e. The molecule has 1 amide bonds. The van der Waals surface area contributed by atoms with E-state index in [9.17, 15) is 9.59 Å². The summed E-state index contributed by atoms with van der Waals surface area (Å²) in [6.45, 7) is 0.550. The Bertz CT molecular complexity index is 1280. The first-order valence-corrected chi connectivity index (χ1v) is 12.5. The van der Waals surface area contributed by atoms with E-state index in [1.807, 2.05) is 71.6 Å². The van der Waals surface area contributed by atoms with Gasteiger partial charge in [0.05, 0.1) is 7.11 Å². The van der Waals surface area contributed by atoms with Gasteiger partial charge in [0.2, 0.25) is 0 Å². The molecule has 35 heavy (non-hydrogen) atoms. The Labute approximate surface area is 210 Å². The van der Waals surface area contributed by atoms with Crippen LogP contribution < -0.4 is 5.32 Å². The number of nitrogens with zero attached hydrogens (tertiary/aromatic N) is 1. The predicted molar refractivity (Wildman–Crippen MR) is 138 cm³/mol. The second kappa shape index (κ2) is 10.2. The van der Waals surface area contributed by atoms with Crippen molar-refractivity contribution in [1.82, 2.24) is 10.2 Å². The molecular formula is C29H29ClN2O3. The van der Waals surface area contributed by atoms with Crippen LogP contribution in [0.1, 0.15) is 42.9 Å². The summed E-state index contributed by atoms with van der Waals surface area (Å²) in [4.78, 5) is 28.5. The lowest BCUT2D eigenvalue weighted by atomic mass is 9.91. The van der Waals surface area contributed by atoms with Crippen molar-refractivity contribution < 1.29 is 14.3 Å². The first-order chi connectivity index (χ1) is 17.1. The molecule has 2 atom stereocenters. The van der Waals surface area contributed by atoms with E-state index in [1.165, 1.54) is 7.11 Å². The van der Waals surface area contributed by atoms with Gasteiger partial charge in [0.1, 0.15) is 12.2 Å². The van der Waals surface area contributed by atoms with Gasteiger partial charge in [-0.15, -0.1) is 0 Å². The third-order valence-corrected chi connectivity index (χ3v) is 7.37. The number of carbonyl (C=O) groups is 2. The minimum absolute atomic E-state index is 0.0766. The molecule has 0 aromatic heterocycles. The van der Waals surface area contributed by atoms with Gasteiger partial charge in [-0.1, -0.05) is 66.2 Å². The van der Waals surface area contributed by atoms with E-state index in [4.69, 9.17) is 16.3 Å². The highest BCUT2D eigenvalue weighted by Crippen LogP contribution is 2.37. The number of esters is 1. The summed E-state index contributed by atoms with van der Waals surface area (Å²) >= 11 is 6.04. The molecule has 1 aliphatic carbocycles. The van der Waals surface area contributed by atoms with Crippen LogP contribution in [0.2, 0.25) is 5.02 Å². The Hall–Kier alpha value is -3.15. The fourth-order valence-electron chi connectivity index (χ4n) is 5.34. The standard InChI is InChI=1S/C29H29ClN2O3/c1-35-29(34)26(23-12-6-8-20-7-2-3-9-22(20)23)31-27-24-10-4-5-11-25(24)28(33)32(27)18-17-19-13-15-21(30)16-14-19/h2-3,6-9,12-16,26-27,31H,4-5,10-11,17-18H2,1H3/t26-,27-/m1/s1. The van der Waals surface area contributed by atoms with E-state index in [0.29, 0.717) is 18.0 Å². The number of methoxy groups -OCH3 is 1. The number of rotatable bonds is 7. The number of amides is 1. The van der Waals surface area contributed by atoms with E-state index in [1.54, 1.807) is 0 Å². The number of ether oxygens (including phenoxy) is 1. The number of fused-ring (bicyclic) bond motifs is 1. The highest BCUT2D eigenvalue weighted by molar-refractivity contribution is 6.30. The molecule has 0 saturated heterocycles. The maximum Gasteiger partial charge on any atom is 0.327 e. The molecule has 3 aromatic carbocycles. The van der Waals surface area contributed by atoms with Crippen LogP contribution in [-0.2, 0) is 20.7 Å². The van der Waals surface area contributed by atoms with Gasteiger partial charge in [0, 0.05) is 17.1 Å². The van der Waals surface area contributed by atoms with Crippen LogP contribution in [-0.4, -0.2) is 36.6 Å². The lowest BCUT2D eigenvalue weighted by Crippen LogP contribution is -2.49. The highest BCUT2D eigenvalue weighted by atomic mass is 35.5. The SMILES string of the molecule is COC(=O)[C@H](N[C@H]1C2=C(CCCC2)C(=O)N1CCc1ccc(Cl)cc1)c1cccc2ccccc12. The number of nitrogens with one attached hydrogen (secondary N) is 1. The molecule has 6 heteroatoms. The van der Waals surface area contributed by atoms with Gasteiger partial charge in [-0.25, -0.2) is 4.79 Å². The molecule has 5 nitrogen and oxygen atoms in total. The number of carbonyl (C=O) groups excluding carboxylic acids is 2. The molecule has 0 unspecified atom stereocenters. The zero-order chi connectivity index (χ0) is 24.4. The number of hydrogen-bond acceptors (Lipinski definition) is 4. The molecule has 0 radical (unpaired) electrons. The van der Waals surface area contributed by atoms with Gasteiger partial charge in [-0.05, 0) is 71.7 Å². The van der Waals surface area contributed by atoms with E-state index >= 15 is 0 Å². The Morgan fingerprint density at radius 2 is 1.80 bits per heavy atom. The third-order valence-electron chi connectivity index (χ3n) is 7.12. The molecule has 3 aromatic rings. The zero-order valence-corrected chi connectivity index (χ0v) is 20.6. The Balaban J connectivity index is 1.48.